The van der Waals surface area contributed by atoms with Crippen molar-refractivity contribution in [2.24, 2.45) is 17.8 Å². The Kier molecular flexibility index (Phi) is 76.6. The van der Waals surface area contributed by atoms with Crippen LogP contribution in [0, 0.1) is 17.8 Å². The van der Waals surface area contributed by atoms with Gasteiger partial charge in [0.1, 0.15) is 19.3 Å². The summed E-state index contributed by atoms with van der Waals surface area (Å²) in [6.45, 7) is 12.1. The Balaban J connectivity index is 5.27. The molecule has 0 aliphatic heterocycles. The molecule has 0 radical (unpaired) electrons. The Labute approximate surface area is 658 Å². The Morgan fingerprint density at radius 3 is 0.710 bits per heavy atom. The quantitative estimate of drug-likeness (QED) is 0.0222. The number of phosphoric ester groups is 2. The first kappa shape index (κ1) is 105. The SMILES string of the molecule is CCCCCCCCCCCCCCCC(=O)OC[C@H](COP(=O)(O)OC[C@H](O)COP(=O)(O)OC[C@@H](COC(=O)CCCCCCCCCCCCCCCCCC(C)C)OC(=O)CCCCCCCCCCCCCCCCCC(C)C)OC(=O)CCCCCCCCCCCCCCCCC(C)CC. The van der Waals surface area contributed by atoms with Crippen LogP contribution in [-0.2, 0) is 65.4 Å². The van der Waals surface area contributed by atoms with Crippen LogP contribution in [0.4, 0.5) is 0 Å². The summed E-state index contributed by atoms with van der Waals surface area (Å²) >= 11 is 0. The zero-order chi connectivity index (χ0) is 78.6. The van der Waals surface area contributed by atoms with Gasteiger partial charge in [0.25, 0.3) is 0 Å². The Morgan fingerprint density at radius 2 is 0.477 bits per heavy atom. The maximum atomic E-state index is 13.2. The molecule has 6 atom stereocenters. The number of phosphoric acid groups is 2. The van der Waals surface area contributed by atoms with Crippen LogP contribution in [-0.4, -0.2) is 96.7 Å². The summed E-state index contributed by atoms with van der Waals surface area (Å²) in [5, 5.41) is 10.7. The van der Waals surface area contributed by atoms with Crippen molar-refractivity contribution in [3.8, 4) is 0 Å². The molecular weight excluding hydrogens is 1390 g/mol. The van der Waals surface area contributed by atoms with Crippen LogP contribution in [0.5, 0.6) is 0 Å². The number of esters is 4. The Bertz CT molecular complexity index is 2060. The van der Waals surface area contributed by atoms with E-state index in [2.05, 4.69) is 48.5 Å². The number of hydrogen-bond donors (Lipinski definition) is 3. The lowest BCUT2D eigenvalue weighted by Crippen LogP contribution is -2.30. The van der Waals surface area contributed by atoms with Gasteiger partial charge in [0, 0.05) is 25.7 Å². The van der Waals surface area contributed by atoms with E-state index in [-0.39, 0.29) is 25.7 Å². The van der Waals surface area contributed by atoms with Gasteiger partial charge in [-0.25, -0.2) is 9.13 Å². The molecule has 17 nitrogen and oxygen atoms in total. The molecular formula is C88H172O17P2. The molecule has 19 heteroatoms. The summed E-state index contributed by atoms with van der Waals surface area (Å²) in [4.78, 5) is 73.4. The summed E-state index contributed by atoms with van der Waals surface area (Å²) in [5.74, 6) is 0.356. The molecule has 0 aliphatic rings. The predicted molar refractivity (Wildman–Crippen MR) is 441 cm³/mol. The van der Waals surface area contributed by atoms with E-state index < -0.39 is 97.5 Å². The number of carbonyl (C=O) groups excluding carboxylic acids is 4. The third kappa shape index (κ3) is 80.5. The van der Waals surface area contributed by atoms with Crippen molar-refractivity contribution in [3.63, 3.8) is 0 Å². The first-order valence-corrected chi connectivity index (χ1v) is 48.4. The molecule has 0 rings (SSSR count). The molecule has 0 saturated carbocycles. The summed E-state index contributed by atoms with van der Waals surface area (Å²) in [5.41, 5.74) is 0. The second kappa shape index (κ2) is 78.0. The van der Waals surface area contributed by atoms with Gasteiger partial charge in [0.05, 0.1) is 26.4 Å². The first-order valence-electron chi connectivity index (χ1n) is 45.4. The molecule has 0 heterocycles. The third-order valence-electron chi connectivity index (χ3n) is 21.0. The molecule has 0 fully saturated rings. The Morgan fingerprint density at radius 1 is 0.271 bits per heavy atom. The minimum Gasteiger partial charge on any atom is -0.462 e. The van der Waals surface area contributed by atoms with Gasteiger partial charge in [-0.2, -0.15) is 0 Å². The molecule has 636 valence electrons. The van der Waals surface area contributed by atoms with Gasteiger partial charge in [-0.3, -0.25) is 37.3 Å². The average Bonchev–Trinajstić information content (AvgIpc) is 0.904. The fraction of sp³-hybridized carbons (Fsp3) is 0.955. The second-order valence-corrected chi connectivity index (χ2v) is 35.7. The smallest absolute Gasteiger partial charge is 0.462 e. The molecule has 0 aromatic rings. The molecule has 0 aromatic carbocycles. The number of hydrogen-bond acceptors (Lipinski definition) is 15. The average molecular weight is 1560 g/mol. The number of carbonyl (C=O) groups is 4. The number of rotatable bonds is 86. The number of aliphatic hydroxyl groups excluding tert-OH is 1. The van der Waals surface area contributed by atoms with E-state index >= 15 is 0 Å². The maximum absolute atomic E-state index is 13.2. The minimum absolute atomic E-state index is 0.108. The molecule has 3 N–H and O–H groups in total. The molecule has 0 aromatic heterocycles. The lowest BCUT2D eigenvalue weighted by molar-refractivity contribution is -0.161. The maximum Gasteiger partial charge on any atom is 0.472 e. The highest BCUT2D eigenvalue weighted by Crippen LogP contribution is 2.45. The molecule has 107 heavy (non-hydrogen) atoms. The predicted octanol–water partition coefficient (Wildman–Crippen LogP) is 26.9. The highest BCUT2D eigenvalue weighted by atomic mass is 31.2. The fourth-order valence-corrected chi connectivity index (χ4v) is 15.3. The summed E-state index contributed by atoms with van der Waals surface area (Å²) in [7, 11) is -9.93. The standard InChI is InChI=1S/C88H172O17P2/c1-8-10-11-12-13-14-15-24-34-41-48-55-62-69-85(90)98-75-83(105-88(93)72-65-58-51-44-37-30-23-22-27-33-40-47-54-61-68-81(7)9-2)77-102-106(94,95)100-73-82(89)74-101-107(96,97)103-78-84(104-87(92)71-64-57-50-43-36-29-21-17-19-26-32-39-46-53-60-67-80(5)6)76-99-86(91)70-63-56-49-42-35-28-20-16-18-25-31-38-45-52-59-66-79(3)4/h79-84,89H,8-78H2,1-7H3,(H,94,95)(H,96,97)/t81?,82-,83+,84+/m0/s1. The highest BCUT2D eigenvalue weighted by Gasteiger charge is 2.31. The van der Waals surface area contributed by atoms with E-state index in [9.17, 15) is 43.2 Å². The fourth-order valence-electron chi connectivity index (χ4n) is 13.7. The largest absolute Gasteiger partial charge is 0.472 e. The molecule has 0 amide bonds. The van der Waals surface area contributed by atoms with Crippen LogP contribution >= 0.6 is 15.6 Å². The Hall–Kier alpha value is -1.94. The lowest BCUT2D eigenvalue weighted by atomic mass is 9.99. The molecule has 0 bridgehead atoms. The van der Waals surface area contributed by atoms with Crippen LogP contribution < -0.4 is 0 Å². The van der Waals surface area contributed by atoms with Gasteiger partial charge in [0.2, 0.25) is 0 Å². The number of ether oxygens (including phenoxy) is 4. The lowest BCUT2D eigenvalue weighted by Gasteiger charge is -2.21. The molecule has 3 unspecified atom stereocenters. The highest BCUT2D eigenvalue weighted by molar-refractivity contribution is 7.47. The van der Waals surface area contributed by atoms with Crippen molar-refractivity contribution in [2.75, 3.05) is 39.6 Å². The van der Waals surface area contributed by atoms with Gasteiger partial charge < -0.3 is 33.8 Å². The zero-order valence-electron chi connectivity index (χ0n) is 70.6. The number of unbranched alkanes of at least 4 members (excludes halogenated alkanes) is 53. The van der Waals surface area contributed by atoms with Gasteiger partial charge >= 0.3 is 39.5 Å². The van der Waals surface area contributed by atoms with Crippen molar-refractivity contribution in [1.29, 1.82) is 0 Å². The summed E-state index contributed by atoms with van der Waals surface area (Å²) in [6.07, 6.45) is 69.2. The van der Waals surface area contributed by atoms with Crippen LogP contribution in [0.1, 0.15) is 466 Å². The van der Waals surface area contributed by atoms with Crippen LogP contribution in [0.25, 0.3) is 0 Å². The van der Waals surface area contributed by atoms with Gasteiger partial charge in [-0.15, -0.1) is 0 Å². The first-order chi connectivity index (χ1) is 51.8. The van der Waals surface area contributed by atoms with E-state index in [0.29, 0.717) is 25.7 Å². The topological polar surface area (TPSA) is 237 Å². The van der Waals surface area contributed by atoms with E-state index in [1.165, 1.54) is 276 Å². The minimum atomic E-state index is -4.97. The zero-order valence-corrected chi connectivity index (χ0v) is 72.4. The van der Waals surface area contributed by atoms with E-state index in [0.717, 1.165) is 108 Å². The van der Waals surface area contributed by atoms with E-state index in [4.69, 9.17) is 37.0 Å². The third-order valence-corrected chi connectivity index (χ3v) is 22.9. The summed E-state index contributed by atoms with van der Waals surface area (Å²) < 4.78 is 69.0. The second-order valence-electron chi connectivity index (χ2n) is 32.8. The van der Waals surface area contributed by atoms with Crippen molar-refractivity contribution in [2.45, 2.75) is 484 Å². The molecule has 0 spiro atoms. The van der Waals surface area contributed by atoms with Crippen LogP contribution in [0.3, 0.4) is 0 Å². The van der Waals surface area contributed by atoms with Crippen molar-refractivity contribution < 1.29 is 80.2 Å². The molecule has 0 saturated heterocycles. The van der Waals surface area contributed by atoms with E-state index in [1.54, 1.807) is 0 Å². The van der Waals surface area contributed by atoms with Crippen molar-refractivity contribution in [1.82, 2.24) is 0 Å². The number of aliphatic hydroxyl groups is 1. The van der Waals surface area contributed by atoms with Crippen molar-refractivity contribution in [3.05, 3.63) is 0 Å². The monoisotopic (exact) mass is 1560 g/mol. The summed E-state index contributed by atoms with van der Waals surface area (Å²) in [6, 6.07) is 0. The van der Waals surface area contributed by atoms with E-state index in [1.807, 2.05) is 0 Å². The van der Waals surface area contributed by atoms with Gasteiger partial charge in [0.15, 0.2) is 12.2 Å². The van der Waals surface area contributed by atoms with Crippen molar-refractivity contribution >= 4 is 39.5 Å². The normalized spacial score (nSPS) is 14.1. The van der Waals surface area contributed by atoms with Gasteiger partial charge in [-0.1, -0.05) is 414 Å². The van der Waals surface area contributed by atoms with Crippen LogP contribution in [0.15, 0.2) is 0 Å². The van der Waals surface area contributed by atoms with Gasteiger partial charge in [-0.05, 0) is 43.4 Å². The van der Waals surface area contributed by atoms with Crippen LogP contribution in [0.2, 0.25) is 0 Å². The molecule has 0 aliphatic carbocycles.